The molecule has 0 aliphatic carbocycles. The van der Waals surface area contributed by atoms with Gasteiger partial charge in [0.15, 0.2) is 11.5 Å². The molecule has 0 heterocycles. The number of likely N-dealkylation sites (N-methyl/N-ethyl adjacent to an activating group) is 2. The maximum atomic E-state index is 13.0. The van der Waals surface area contributed by atoms with Crippen LogP contribution in [0.4, 0.5) is 0 Å². The minimum absolute atomic E-state index is 0.0156. The molecule has 192 valence electrons. The van der Waals surface area contributed by atoms with Gasteiger partial charge in [0.05, 0.1) is 24.3 Å². The van der Waals surface area contributed by atoms with Gasteiger partial charge in [0.1, 0.15) is 0 Å². The molecule has 0 spiro atoms. The molecule has 0 saturated carbocycles. The summed E-state index contributed by atoms with van der Waals surface area (Å²) in [4.78, 5) is 29.0. The van der Waals surface area contributed by atoms with Crippen LogP contribution in [-0.4, -0.2) is 74.7 Å². The minimum atomic E-state index is -0.514. The summed E-state index contributed by atoms with van der Waals surface area (Å²) in [6.07, 6.45) is -0.193. The van der Waals surface area contributed by atoms with E-state index in [9.17, 15) is 9.59 Å². The van der Waals surface area contributed by atoms with Crippen molar-refractivity contribution in [1.29, 1.82) is 0 Å². The summed E-state index contributed by atoms with van der Waals surface area (Å²) < 4.78 is 17.5. The van der Waals surface area contributed by atoms with Gasteiger partial charge in [-0.2, -0.15) is 0 Å². The Morgan fingerprint density at radius 1 is 0.886 bits per heavy atom. The van der Waals surface area contributed by atoms with Gasteiger partial charge in [-0.1, -0.05) is 18.2 Å². The first-order chi connectivity index (χ1) is 16.6. The molecule has 1 amide bonds. The highest BCUT2D eigenvalue weighted by atomic mass is 16.6. The molecule has 0 unspecified atom stereocenters. The maximum absolute atomic E-state index is 13.0. The van der Waals surface area contributed by atoms with E-state index in [0.29, 0.717) is 30.2 Å². The van der Waals surface area contributed by atoms with Crippen LogP contribution in [0, 0.1) is 0 Å². The van der Waals surface area contributed by atoms with Gasteiger partial charge in [-0.3, -0.25) is 4.79 Å². The van der Waals surface area contributed by atoms with Crippen molar-refractivity contribution in [2.75, 3.05) is 40.8 Å². The van der Waals surface area contributed by atoms with Crippen molar-refractivity contribution in [2.24, 2.45) is 0 Å². The molecule has 2 aromatic rings. The molecule has 0 aliphatic rings. The lowest BCUT2D eigenvalue weighted by molar-refractivity contribution is -0.129. The number of hydrogen-bond donors (Lipinski definition) is 1. The third kappa shape index (κ3) is 9.58. The van der Waals surface area contributed by atoms with Crippen LogP contribution in [0.2, 0.25) is 0 Å². The standard InChI is InChI=1S/C27H39N3O5/c1-19(2)33-23-12-9-13-24(34-20(3)4)26(23)35-27(32)22-11-8-10-21(16-22)17-28-18-25(31)30(7)15-14-29(5)6/h8-13,16,19-20,28H,14-15,17-18H2,1-7H3. The summed E-state index contributed by atoms with van der Waals surface area (Å²) in [5, 5.41) is 3.15. The molecule has 0 saturated heterocycles. The zero-order chi connectivity index (χ0) is 26.0. The second-order valence-corrected chi connectivity index (χ2v) is 9.23. The second-order valence-electron chi connectivity index (χ2n) is 9.23. The Morgan fingerprint density at radius 3 is 2.06 bits per heavy atom. The summed E-state index contributed by atoms with van der Waals surface area (Å²) in [6.45, 7) is 9.76. The largest absolute Gasteiger partial charge is 0.487 e. The van der Waals surface area contributed by atoms with Crippen molar-refractivity contribution >= 4 is 11.9 Å². The van der Waals surface area contributed by atoms with Gasteiger partial charge in [-0.05, 0) is 71.6 Å². The summed E-state index contributed by atoms with van der Waals surface area (Å²) in [5.41, 5.74) is 1.27. The maximum Gasteiger partial charge on any atom is 0.343 e. The summed E-state index contributed by atoms with van der Waals surface area (Å²) in [5.74, 6) is 0.652. The topological polar surface area (TPSA) is 80.3 Å². The average Bonchev–Trinajstić information content (AvgIpc) is 2.78. The first-order valence-electron chi connectivity index (χ1n) is 11.9. The number of nitrogens with one attached hydrogen (secondary N) is 1. The number of carbonyl (C=O) groups is 2. The van der Waals surface area contributed by atoms with E-state index in [-0.39, 0.29) is 30.4 Å². The summed E-state index contributed by atoms with van der Waals surface area (Å²) in [6, 6.07) is 12.4. The Labute approximate surface area is 209 Å². The zero-order valence-corrected chi connectivity index (χ0v) is 22.0. The zero-order valence-electron chi connectivity index (χ0n) is 22.0. The van der Waals surface area contributed by atoms with Crippen molar-refractivity contribution in [3.8, 4) is 17.2 Å². The van der Waals surface area contributed by atoms with E-state index >= 15 is 0 Å². The Morgan fingerprint density at radius 2 is 1.49 bits per heavy atom. The number of hydrogen-bond acceptors (Lipinski definition) is 7. The van der Waals surface area contributed by atoms with Crippen LogP contribution in [-0.2, 0) is 11.3 Å². The van der Waals surface area contributed by atoms with Gasteiger partial charge < -0.3 is 29.3 Å². The van der Waals surface area contributed by atoms with Crippen LogP contribution in [0.3, 0.4) is 0 Å². The quantitative estimate of drug-likeness (QED) is 0.343. The molecule has 35 heavy (non-hydrogen) atoms. The fraction of sp³-hybridized carbons (Fsp3) is 0.481. The van der Waals surface area contributed by atoms with Gasteiger partial charge in [0.2, 0.25) is 11.7 Å². The first-order valence-corrected chi connectivity index (χ1v) is 11.9. The number of ether oxygens (including phenoxy) is 3. The van der Waals surface area contributed by atoms with Crippen LogP contribution in [0.15, 0.2) is 42.5 Å². The van der Waals surface area contributed by atoms with E-state index in [4.69, 9.17) is 14.2 Å². The van der Waals surface area contributed by atoms with E-state index in [1.54, 1.807) is 48.3 Å². The predicted molar refractivity (Wildman–Crippen MR) is 137 cm³/mol. The number of para-hydroxylation sites is 1. The number of benzene rings is 2. The number of esters is 1. The third-order valence-electron chi connectivity index (χ3n) is 4.94. The van der Waals surface area contributed by atoms with Crippen LogP contribution in [0.1, 0.15) is 43.6 Å². The van der Waals surface area contributed by atoms with Gasteiger partial charge in [-0.25, -0.2) is 4.79 Å². The van der Waals surface area contributed by atoms with Gasteiger partial charge in [0.25, 0.3) is 0 Å². The van der Waals surface area contributed by atoms with Crippen molar-refractivity contribution in [3.05, 3.63) is 53.6 Å². The van der Waals surface area contributed by atoms with E-state index in [1.165, 1.54) is 0 Å². The molecule has 8 nitrogen and oxygen atoms in total. The van der Waals surface area contributed by atoms with Crippen molar-refractivity contribution < 1.29 is 23.8 Å². The lowest BCUT2D eigenvalue weighted by Crippen LogP contribution is -2.38. The first kappa shape index (κ1) is 28.1. The normalized spacial score (nSPS) is 11.1. The molecular weight excluding hydrogens is 446 g/mol. The van der Waals surface area contributed by atoms with Crippen LogP contribution in [0.5, 0.6) is 17.2 Å². The molecule has 0 bridgehead atoms. The summed E-state index contributed by atoms with van der Waals surface area (Å²) >= 11 is 0. The molecule has 8 heteroatoms. The average molecular weight is 486 g/mol. The Bertz CT molecular complexity index is 947. The molecular formula is C27H39N3O5. The molecule has 0 radical (unpaired) electrons. The number of amides is 1. The fourth-order valence-electron chi connectivity index (χ4n) is 3.17. The van der Waals surface area contributed by atoms with Crippen molar-refractivity contribution in [1.82, 2.24) is 15.1 Å². The van der Waals surface area contributed by atoms with Gasteiger partial charge in [0, 0.05) is 26.7 Å². The highest BCUT2D eigenvalue weighted by Crippen LogP contribution is 2.39. The number of rotatable bonds is 13. The Kier molecular flexibility index (Phi) is 11.0. The molecule has 0 atom stereocenters. The van der Waals surface area contributed by atoms with Crippen LogP contribution < -0.4 is 19.5 Å². The third-order valence-corrected chi connectivity index (χ3v) is 4.94. The molecule has 2 rings (SSSR count). The van der Waals surface area contributed by atoms with Crippen LogP contribution in [0.25, 0.3) is 0 Å². The van der Waals surface area contributed by atoms with E-state index in [1.807, 2.05) is 52.8 Å². The Hall–Kier alpha value is -3.10. The van der Waals surface area contributed by atoms with E-state index in [0.717, 1.165) is 12.1 Å². The predicted octanol–water partition coefficient (Wildman–Crippen LogP) is 3.59. The van der Waals surface area contributed by atoms with Gasteiger partial charge >= 0.3 is 5.97 Å². The SMILES string of the molecule is CC(C)Oc1cccc(OC(C)C)c1OC(=O)c1cccc(CNCC(=O)N(C)CCN(C)C)c1. The molecule has 1 N–H and O–H groups in total. The van der Waals surface area contributed by atoms with Crippen molar-refractivity contribution in [2.45, 2.75) is 46.4 Å². The van der Waals surface area contributed by atoms with Gasteiger partial charge in [-0.15, -0.1) is 0 Å². The second kappa shape index (κ2) is 13.7. The molecule has 0 fully saturated rings. The minimum Gasteiger partial charge on any atom is -0.487 e. The molecule has 0 aliphatic heterocycles. The monoisotopic (exact) mass is 485 g/mol. The fourth-order valence-corrected chi connectivity index (χ4v) is 3.17. The lowest BCUT2D eigenvalue weighted by Gasteiger charge is -2.20. The van der Waals surface area contributed by atoms with Crippen molar-refractivity contribution in [3.63, 3.8) is 0 Å². The Balaban J connectivity index is 2.06. The number of carbonyl (C=O) groups excluding carboxylic acids is 2. The summed E-state index contributed by atoms with van der Waals surface area (Å²) in [7, 11) is 5.74. The molecule has 2 aromatic carbocycles. The van der Waals surface area contributed by atoms with E-state index in [2.05, 4.69) is 5.32 Å². The van der Waals surface area contributed by atoms with Crippen LogP contribution >= 0.6 is 0 Å². The highest BCUT2D eigenvalue weighted by molar-refractivity contribution is 5.92. The smallest absolute Gasteiger partial charge is 0.343 e. The molecule has 0 aromatic heterocycles. The number of nitrogens with zero attached hydrogens (tertiary/aromatic N) is 2. The lowest BCUT2D eigenvalue weighted by atomic mass is 10.1. The highest BCUT2D eigenvalue weighted by Gasteiger charge is 2.20. The van der Waals surface area contributed by atoms with E-state index < -0.39 is 5.97 Å².